The molecule has 0 saturated heterocycles. The van der Waals surface area contributed by atoms with E-state index >= 15 is 0 Å². The number of carbonyl (C=O) groups is 2. The molecule has 0 saturated carbocycles. The van der Waals surface area contributed by atoms with E-state index in [4.69, 9.17) is 0 Å². The second-order valence-corrected chi connectivity index (χ2v) is 10.2. The highest BCUT2D eigenvalue weighted by molar-refractivity contribution is 7.92. The van der Waals surface area contributed by atoms with Crippen molar-refractivity contribution < 1.29 is 26.4 Å². The van der Waals surface area contributed by atoms with Crippen molar-refractivity contribution in [3.8, 4) is 0 Å². The highest BCUT2D eigenvalue weighted by Crippen LogP contribution is 2.26. The molecule has 2 amide bonds. The van der Waals surface area contributed by atoms with E-state index in [1.807, 2.05) is 0 Å². The fourth-order valence-corrected chi connectivity index (χ4v) is 4.68. The molecule has 9 nitrogen and oxygen atoms in total. The van der Waals surface area contributed by atoms with Crippen molar-refractivity contribution in [2.45, 2.75) is 16.7 Å². The van der Waals surface area contributed by atoms with Crippen molar-refractivity contribution in [2.75, 3.05) is 18.8 Å². The zero-order valence-corrected chi connectivity index (χ0v) is 16.8. The summed E-state index contributed by atoms with van der Waals surface area (Å²) in [7, 11) is -5.14. The number of carbonyl (C=O) groups excluding carboxylic acids is 2. The van der Waals surface area contributed by atoms with E-state index in [9.17, 15) is 26.4 Å². The maximum Gasteiger partial charge on any atom is 0.261 e. The van der Waals surface area contributed by atoms with Gasteiger partial charge in [0, 0.05) is 14.1 Å². The first-order valence-electron chi connectivity index (χ1n) is 7.99. The van der Waals surface area contributed by atoms with Gasteiger partial charge >= 0.3 is 0 Å². The minimum atomic E-state index is -4.13. The fourth-order valence-electron chi connectivity index (χ4n) is 2.60. The number of hydrogen-bond acceptors (Lipinski definition) is 6. The largest absolute Gasteiger partial charge is 0.288 e. The molecule has 1 aliphatic heterocycles. The van der Waals surface area contributed by atoms with E-state index in [0.717, 1.165) is 10.4 Å². The number of amides is 2. The molecule has 0 atom stereocenters. The number of hydrogen-bond donors (Lipinski definition) is 2. The van der Waals surface area contributed by atoms with Crippen LogP contribution in [0.1, 0.15) is 26.3 Å². The Morgan fingerprint density at radius 1 is 0.857 bits per heavy atom. The summed E-state index contributed by atoms with van der Waals surface area (Å²) in [5, 5.41) is 2.09. The van der Waals surface area contributed by atoms with Crippen molar-refractivity contribution in [3.63, 3.8) is 0 Å². The predicted molar refractivity (Wildman–Crippen MR) is 101 cm³/mol. The van der Waals surface area contributed by atoms with Gasteiger partial charge in [-0.05, 0) is 42.8 Å². The van der Waals surface area contributed by atoms with Gasteiger partial charge in [0.15, 0.2) is 0 Å². The van der Waals surface area contributed by atoms with Gasteiger partial charge < -0.3 is 0 Å². The van der Waals surface area contributed by atoms with Gasteiger partial charge in [0.1, 0.15) is 0 Å². The van der Waals surface area contributed by atoms with Gasteiger partial charge in [-0.3, -0.25) is 19.6 Å². The molecule has 1 aliphatic rings. The molecule has 0 spiro atoms. The third-order valence-corrected chi connectivity index (χ3v) is 7.42. The molecule has 0 bridgehead atoms. The first-order chi connectivity index (χ1) is 12.9. The maximum absolute atomic E-state index is 12.7. The summed E-state index contributed by atoms with van der Waals surface area (Å²) < 4.78 is 53.5. The van der Waals surface area contributed by atoms with Crippen LogP contribution in [0.5, 0.6) is 0 Å². The smallest absolute Gasteiger partial charge is 0.261 e. The molecule has 3 rings (SSSR count). The Morgan fingerprint density at radius 3 is 2.11 bits per heavy atom. The number of rotatable bonds is 5. The zero-order chi connectivity index (χ0) is 20.9. The van der Waals surface area contributed by atoms with Crippen LogP contribution in [0.25, 0.3) is 0 Å². The number of nitrogens with one attached hydrogen (secondary N) is 2. The van der Waals surface area contributed by atoms with Crippen LogP contribution in [0.2, 0.25) is 0 Å². The lowest BCUT2D eigenvalue weighted by molar-refractivity contribution is 0.0879. The summed E-state index contributed by atoms with van der Waals surface area (Å²) in [6.45, 7) is 1.62. The minimum absolute atomic E-state index is 0.0338. The average molecular weight is 423 g/mol. The fraction of sp³-hybridized carbons (Fsp3) is 0.176. The van der Waals surface area contributed by atoms with Crippen LogP contribution in [0.3, 0.4) is 0 Å². The van der Waals surface area contributed by atoms with Crippen molar-refractivity contribution in [1.82, 2.24) is 9.62 Å². The zero-order valence-electron chi connectivity index (χ0n) is 15.2. The average Bonchev–Trinajstić information content (AvgIpc) is 2.90. The Morgan fingerprint density at radius 2 is 1.46 bits per heavy atom. The van der Waals surface area contributed by atoms with Crippen LogP contribution >= 0.6 is 0 Å². The molecule has 1 heterocycles. The van der Waals surface area contributed by atoms with Gasteiger partial charge in [0.05, 0.1) is 26.6 Å². The standard InChI is InChI=1S/C17H17N3O6S2/c1-10-4-5-12(28(25,26)20(2)3)9-15(10)19-27(23,24)11-6-7-13-14(8-11)17(22)18-16(13)21/h4-9,19H,1-3H3,(H,18,21,22). The van der Waals surface area contributed by atoms with E-state index in [-0.39, 0.29) is 26.6 Å². The lowest BCUT2D eigenvalue weighted by Gasteiger charge is -2.15. The van der Waals surface area contributed by atoms with E-state index in [1.165, 1.54) is 44.4 Å². The number of fused-ring (bicyclic) bond motifs is 1. The molecular formula is C17H17N3O6S2. The quantitative estimate of drug-likeness (QED) is 0.688. The molecule has 11 heteroatoms. The van der Waals surface area contributed by atoms with Crippen LogP contribution in [0.4, 0.5) is 5.69 Å². The molecule has 2 aromatic carbocycles. The van der Waals surface area contributed by atoms with Crippen LogP contribution in [-0.2, 0) is 20.0 Å². The summed E-state index contributed by atoms with van der Waals surface area (Å²) in [5.74, 6) is -1.26. The monoisotopic (exact) mass is 423 g/mol. The predicted octanol–water partition coefficient (Wildman–Crippen LogP) is 0.930. The Hall–Kier alpha value is -2.76. The SMILES string of the molecule is Cc1ccc(S(=O)(=O)N(C)C)cc1NS(=O)(=O)c1ccc2c(c1)C(=O)NC2=O. The van der Waals surface area contributed by atoms with E-state index in [0.29, 0.717) is 5.56 Å². The number of benzene rings is 2. The van der Waals surface area contributed by atoms with Crippen LogP contribution in [0.15, 0.2) is 46.2 Å². The Kier molecular flexibility index (Phi) is 4.77. The number of anilines is 1. The normalized spacial score (nSPS) is 14.1. The number of aryl methyl sites for hydroxylation is 1. The van der Waals surface area contributed by atoms with Crippen LogP contribution in [-0.4, -0.2) is 47.1 Å². The highest BCUT2D eigenvalue weighted by atomic mass is 32.2. The van der Waals surface area contributed by atoms with Gasteiger partial charge in [-0.25, -0.2) is 21.1 Å². The molecule has 2 aromatic rings. The summed E-state index contributed by atoms with van der Waals surface area (Å²) in [5.41, 5.74) is 0.659. The highest BCUT2D eigenvalue weighted by Gasteiger charge is 2.29. The summed E-state index contributed by atoms with van der Waals surface area (Å²) in [4.78, 5) is 23.1. The minimum Gasteiger partial charge on any atom is -0.288 e. The van der Waals surface area contributed by atoms with Crippen molar-refractivity contribution >= 4 is 37.5 Å². The first kappa shape index (κ1) is 20.0. The molecule has 148 valence electrons. The molecule has 0 fully saturated rings. The van der Waals surface area contributed by atoms with E-state index < -0.39 is 31.9 Å². The first-order valence-corrected chi connectivity index (χ1v) is 10.9. The summed E-state index contributed by atoms with van der Waals surface area (Å²) in [6.07, 6.45) is 0. The second-order valence-electron chi connectivity index (χ2n) is 6.36. The topological polar surface area (TPSA) is 130 Å². The van der Waals surface area contributed by atoms with Crippen LogP contribution in [0, 0.1) is 6.92 Å². The van der Waals surface area contributed by atoms with Crippen molar-refractivity contribution in [3.05, 3.63) is 53.1 Å². The number of sulfonamides is 2. The number of imide groups is 1. The van der Waals surface area contributed by atoms with E-state index in [1.54, 1.807) is 6.92 Å². The van der Waals surface area contributed by atoms with Crippen molar-refractivity contribution in [2.24, 2.45) is 0 Å². The lowest BCUT2D eigenvalue weighted by atomic mass is 10.1. The van der Waals surface area contributed by atoms with Crippen LogP contribution < -0.4 is 10.0 Å². The summed E-state index contributed by atoms with van der Waals surface area (Å²) >= 11 is 0. The Labute approximate surface area is 162 Å². The Balaban J connectivity index is 2.01. The second kappa shape index (κ2) is 6.69. The molecule has 0 radical (unpaired) electrons. The third kappa shape index (κ3) is 3.39. The van der Waals surface area contributed by atoms with Crippen molar-refractivity contribution in [1.29, 1.82) is 0 Å². The maximum atomic E-state index is 12.7. The molecule has 0 unspecified atom stereocenters. The van der Waals surface area contributed by atoms with E-state index in [2.05, 4.69) is 10.0 Å². The Bertz CT molecular complexity index is 1220. The third-order valence-electron chi connectivity index (χ3n) is 4.25. The molecule has 0 aromatic heterocycles. The lowest BCUT2D eigenvalue weighted by Crippen LogP contribution is -2.22. The summed E-state index contributed by atoms with van der Waals surface area (Å²) in [6, 6.07) is 7.66. The van der Waals surface area contributed by atoms with Gasteiger partial charge in [0.25, 0.3) is 21.8 Å². The van der Waals surface area contributed by atoms with Gasteiger partial charge in [0.2, 0.25) is 10.0 Å². The number of nitrogens with zero attached hydrogens (tertiary/aromatic N) is 1. The molecular weight excluding hydrogens is 406 g/mol. The molecule has 2 N–H and O–H groups in total. The van der Waals surface area contributed by atoms with Gasteiger partial charge in [-0.2, -0.15) is 0 Å². The van der Waals surface area contributed by atoms with Gasteiger partial charge in [-0.1, -0.05) is 6.07 Å². The molecule has 0 aliphatic carbocycles. The van der Waals surface area contributed by atoms with Gasteiger partial charge in [-0.15, -0.1) is 0 Å². The molecule has 28 heavy (non-hydrogen) atoms.